The third-order valence-electron chi connectivity index (χ3n) is 3.32. The Kier molecular flexibility index (Phi) is 3.80. The summed E-state index contributed by atoms with van der Waals surface area (Å²) in [5.41, 5.74) is 0.657. The normalized spacial score (nSPS) is 11.3. The van der Waals surface area contributed by atoms with Crippen molar-refractivity contribution in [3.05, 3.63) is 52.8 Å². The molecule has 3 heterocycles. The monoisotopic (exact) mass is 360 g/mol. The molecule has 0 aliphatic carbocycles. The summed E-state index contributed by atoms with van der Waals surface area (Å²) in [4.78, 5) is 21.7. The van der Waals surface area contributed by atoms with Crippen molar-refractivity contribution in [3.63, 3.8) is 0 Å². The molecule has 0 aliphatic heterocycles. The summed E-state index contributed by atoms with van der Waals surface area (Å²) >= 11 is 8.90. The Hall–Kier alpha value is -1.89. The number of furan rings is 1. The standard InChI is InChI=1S/C16H9ClN2O2S2/c17-10-1-2-13-9(5-10)6-14(21-13)12(20)7-23-16-11-3-4-22-15(11)18-8-19-16/h1-6,8H,7H2. The van der Waals surface area contributed by atoms with Crippen LogP contribution in [0.4, 0.5) is 0 Å². The van der Waals surface area contributed by atoms with Crippen LogP contribution >= 0.6 is 34.7 Å². The van der Waals surface area contributed by atoms with E-state index in [1.54, 1.807) is 35.6 Å². The first-order valence-corrected chi connectivity index (χ1v) is 8.98. The molecule has 0 fully saturated rings. The predicted molar refractivity (Wildman–Crippen MR) is 93.7 cm³/mol. The van der Waals surface area contributed by atoms with Crippen molar-refractivity contribution >= 4 is 61.7 Å². The Labute approximate surface area is 144 Å². The number of hydrogen-bond acceptors (Lipinski definition) is 6. The fourth-order valence-electron chi connectivity index (χ4n) is 2.24. The fourth-order valence-corrected chi connectivity index (χ4v) is 4.07. The number of benzene rings is 1. The van der Waals surface area contributed by atoms with E-state index in [9.17, 15) is 4.79 Å². The van der Waals surface area contributed by atoms with Crippen molar-refractivity contribution in [2.75, 3.05) is 5.75 Å². The summed E-state index contributed by atoms with van der Waals surface area (Å²) in [6.07, 6.45) is 1.52. The minimum atomic E-state index is -0.0793. The van der Waals surface area contributed by atoms with Crippen molar-refractivity contribution < 1.29 is 9.21 Å². The van der Waals surface area contributed by atoms with E-state index in [0.29, 0.717) is 16.4 Å². The van der Waals surface area contributed by atoms with Crippen molar-refractivity contribution in [3.8, 4) is 0 Å². The van der Waals surface area contributed by atoms with Gasteiger partial charge < -0.3 is 4.42 Å². The van der Waals surface area contributed by atoms with Crippen LogP contribution in [-0.4, -0.2) is 21.5 Å². The highest BCUT2D eigenvalue weighted by Crippen LogP contribution is 2.29. The minimum Gasteiger partial charge on any atom is -0.453 e. The average Bonchev–Trinajstić information content (AvgIpc) is 3.18. The van der Waals surface area contributed by atoms with Gasteiger partial charge in [-0.25, -0.2) is 9.97 Å². The maximum absolute atomic E-state index is 12.4. The summed E-state index contributed by atoms with van der Waals surface area (Å²) in [5.74, 6) is 0.518. The highest BCUT2D eigenvalue weighted by Gasteiger charge is 2.14. The number of thioether (sulfide) groups is 1. The van der Waals surface area contributed by atoms with Gasteiger partial charge in [-0.2, -0.15) is 0 Å². The highest BCUT2D eigenvalue weighted by molar-refractivity contribution is 8.00. The number of nitrogens with zero attached hydrogens (tertiary/aromatic N) is 2. The lowest BCUT2D eigenvalue weighted by Crippen LogP contribution is -2.00. The van der Waals surface area contributed by atoms with Crippen LogP contribution in [0.1, 0.15) is 10.6 Å². The lowest BCUT2D eigenvalue weighted by molar-refractivity contribution is 0.0994. The Bertz CT molecular complexity index is 1030. The molecule has 0 radical (unpaired) electrons. The molecular weight excluding hydrogens is 352 g/mol. The number of halogens is 1. The summed E-state index contributed by atoms with van der Waals surface area (Å²) < 4.78 is 5.59. The predicted octanol–water partition coefficient (Wildman–Crippen LogP) is 5.07. The number of hydrogen-bond donors (Lipinski definition) is 0. The van der Waals surface area contributed by atoms with Gasteiger partial charge in [-0.1, -0.05) is 23.4 Å². The second-order valence-electron chi connectivity index (χ2n) is 4.82. The number of thiophene rings is 1. The van der Waals surface area contributed by atoms with Crippen LogP contribution < -0.4 is 0 Å². The minimum absolute atomic E-state index is 0.0793. The molecule has 0 bridgehead atoms. The van der Waals surface area contributed by atoms with Crippen molar-refractivity contribution in [1.29, 1.82) is 0 Å². The number of rotatable bonds is 4. The molecule has 0 saturated carbocycles. The topological polar surface area (TPSA) is 56.0 Å². The smallest absolute Gasteiger partial charge is 0.208 e. The molecule has 0 atom stereocenters. The van der Waals surface area contributed by atoms with Gasteiger partial charge in [0, 0.05) is 15.8 Å². The van der Waals surface area contributed by atoms with Gasteiger partial charge in [0.1, 0.15) is 21.8 Å². The fraction of sp³-hybridized carbons (Fsp3) is 0.0625. The van der Waals surface area contributed by atoms with Gasteiger partial charge in [-0.05, 0) is 35.7 Å². The van der Waals surface area contributed by atoms with Gasteiger partial charge in [-0.3, -0.25) is 4.79 Å². The van der Waals surface area contributed by atoms with E-state index in [2.05, 4.69) is 9.97 Å². The van der Waals surface area contributed by atoms with Crippen LogP contribution in [0.2, 0.25) is 5.02 Å². The molecule has 4 rings (SSSR count). The Balaban J connectivity index is 1.56. The molecule has 0 N–H and O–H groups in total. The highest BCUT2D eigenvalue weighted by atomic mass is 35.5. The zero-order valence-electron chi connectivity index (χ0n) is 11.7. The van der Waals surface area contributed by atoms with Gasteiger partial charge in [0.2, 0.25) is 5.78 Å². The Morgan fingerprint density at radius 3 is 3.09 bits per heavy atom. The zero-order valence-corrected chi connectivity index (χ0v) is 14.0. The van der Waals surface area contributed by atoms with E-state index >= 15 is 0 Å². The molecule has 23 heavy (non-hydrogen) atoms. The van der Waals surface area contributed by atoms with Gasteiger partial charge >= 0.3 is 0 Å². The van der Waals surface area contributed by atoms with E-state index < -0.39 is 0 Å². The van der Waals surface area contributed by atoms with Crippen molar-refractivity contribution in [2.24, 2.45) is 0 Å². The molecule has 3 aromatic heterocycles. The van der Waals surface area contributed by atoms with E-state index in [1.807, 2.05) is 11.4 Å². The lowest BCUT2D eigenvalue weighted by Gasteiger charge is -2.00. The molecule has 1 aromatic carbocycles. The largest absolute Gasteiger partial charge is 0.453 e. The number of aromatic nitrogens is 2. The quantitative estimate of drug-likeness (QED) is 0.289. The number of carbonyl (C=O) groups excluding carboxylic acids is 1. The first-order chi connectivity index (χ1) is 11.2. The Morgan fingerprint density at radius 2 is 2.17 bits per heavy atom. The van der Waals surface area contributed by atoms with Crippen LogP contribution in [0.15, 0.2) is 51.5 Å². The van der Waals surface area contributed by atoms with Gasteiger partial charge in [0.25, 0.3) is 0 Å². The summed E-state index contributed by atoms with van der Waals surface area (Å²) in [5, 5.41) is 5.20. The van der Waals surface area contributed by atoms with E-state index in [-0.39, 0.29) is 11.5 Å². The first kappa shape index (κ1) is 14.7. The molecule has 0 aliphatic rings. The molecule has 0 spiro atoms. The second-order valence-corrected chi connectivity index (χ2v) is 7.12. The van der Waals surface area contributed by atoms with Crippen LogP contribution in [0, 0.1) is 0 Å². The van der Waals surface area contributed by atoms with Crippen molar-refractivity contribution in [2.45, 2.75) is 5.03 Å². The summed E-state index contributed by atoms with van der Waals surface area (Å²) in [7, 11) is 0. The number of fused-ring (bicyclic) bond motifs is 2. The molecule has 7 heteroatoms. The molecule has 0 amide bonds. The molecule has 0 unspecified atom stereocenters. The van der Waals surface area contributed by atoms with E-state index in [1.165, 1.54) is 18.1 Å². The molecule has 4 aromatic rings. The lowest BCUT2D eigenvalue weighted by atomic mass is 10.2. The summed E-state index contributed by atoms with van der Waals surface area (Å²) in [6, 6.07) is 8.98. The SMILES string of the molecule is O=C(CSc1ncnc2sccc12)c1cc2cc(Cl)ccc2o1. The molecule has 4 nitrogen and oxygen atoms in total. The number of ketones is 1. The molecule has 0 saturated heterocycles. The third-order valence-corrected chi connectivity index (χ3v) is 5.38. The maximum atomic E-state index is 12.4. The first-order valence-electron chi connectivity index (χ1n) is 6.74. The number of carbonyl (C=O) groups is 1. The second kappa shape index (κ2) is 5.96. The zero-order chi connectivity index (χ0) is 15.8. The van der Waals surface area contributed by atoms with Crippen LogP contribution in [0.3, 0.4) is 0 Å². The van der Waals surface area contributed by atoms with Gasteiger partial charge in [0.15, 0.2) is 5.76 Å². The Morgan fingerprint density at radius 1 is 1.26 bits per heavy atom. The van der Waals surface area contributed by atoms with Crippen LogP contribution in [0.25, 0.3) is 21.2 Å². The average molecular weight is 361 g/mol. The van der Waals surface area contributed by atoms with Crippen molar-refractivity contribution in [1.82, 2.24) is 9.97 Å². The van der Waals surface area contributed by atoms with Gasteiger partial charge in [0.05, 0.1) is 5.75 Å². The maximum Gasteiger partial charge on any atom is 0.208 e. The molecular formula is C16H9ClN2O2S2. The van der Waals surface area contributed by atoms with Crippen LogP contribution in [0.5, 0.6) is 0 Å². The van der Waals surface area contributed by atoms with Crippen LogP contribution in [-0.2, 0) is 0 Å². The van der Waals surface area contributed by atoms with Gasteiger partial charge in [-0.15, -0.1) is 11.3 Å². The number of Topliss-reactive ketones (excluding diaryl/α,β-unsaturated/α-hetero) is 1. The van der Waals surface area contributed by atoms with E-state index in [0.717, 1.165) is 20.6 Å². The summed E-state index contributed by atoms with van der Waals surface area (Å²) in [6.45, 7) is 0. The molecule has 114 valence electrons. The third kappa shape index (κ3) is 2.85. The van der Waals surface area contributed by atoms with E-state index in [4.69, 9.17) is 16.0 Å².